The Morgan fingerprint density at radius 2 is 2.10 bits per heavy atom. The van der Waals surface area contributed by atoms with E-state index in [-0.39, 0.29) is 0 Å². The van der Waals surface area contributed by atoms with Gasteiger partial charge in [0.05, 0.1) is 6.04 Å². The number of thiophene rings is 1. The molecule has 2 nitrogen and oxygen atoms in total. The molecular formula is C17H19NOS. The third kappa shape index (κ3) is 2.93. The highest BCUT2D eigenvalue weighted by atomic mass is 32.1. The summed E-state index contributed by atoms with van der Waals surface area (Å²) in [6.07, 6.45) is 3.68. The maximum atomic E-state index is 12.5. The Hall–Kier alpha value is -1.61. The lowest BCUT2D eigenvalue weighted by molar-refractivity contribution is -0.132. The van der Waals surface area contributed by atoms with Crippen molar-refractivity contribution >= 4 is 17.2 Å². The van der Waals surface area contributed by atoms with Crippen molar-refractivity contribution in [3.63, 3.8) is 0 Å². The van der Waals surface area contributed by atoms with Crippen LogP contribution in [0.25, 0.3) is 0 Å². The number of hydrogen-bond donors (Lipinski definition) is 0. The van der Waals surface area contributed by atoms with E-state index in [0.29, 0.717) is 18.4 Å². The van der Waals surface area contributed by atoms with Crippen LogP contribution in [-0.4, -0.2) is 17.4 Å². The van der Waals surface area contributed by atoms with Gasteiger partial charge in [0.2, 0.25) is 5.91 Å². The molecule has 2 heterocycles. The average molecular weight is 285 g/mol. The molecule has 1 unspecified atom stereocenters. The van der Waals surface area contributed by atoms with Gasteiger partial charge in [-0.15, -0.1) is 0 Å². The summed E-state index contributed by atoms with van der Waals surface area (Å²) in [7, 11) is 0. The zero-order valence-corrected chi connectivity index (χ0v) is 12.3. The Labute approximate surface area is 124 Å². The molecule has 3 rings (SSSR count). The summed E-state index contributed by atoms with van der Waals surface area (Å²) in [6, 6.07) is 12.7. The van der Waals surface area contributed by atoms with Crippen molar-refractivity contribution in [1.82, 2.24) is 4.90 Å². The quantitative estimate of drug-likeness (QED) is 0.830. The summed E-state index contributed by atoms with van der Waals surface area (Å²) in [5, 5.41) is 4.27. The molecule has 0 N–H and O–H groups in total. The Morgan fingerprint density at radius 1 is 1.25 bits per heavy atom. The third-order valence-electron chi connectivity index (χ3n) is 3.97. The number of nitrogens with zero attached hydrogens (tertiary/aromatic N) is 1. The largest absolute Gasteiger partial charge is 0.336 e. The monoisotopic (exact) mass is 285 g/mol. The molecule has 1 amide bonds. The molecule has 1 aliphatic rings. The number of aryl methyl sites for hydroxylation is 1. The zero-order valence-electron chi connectivity index (χ0n) is 11.5. The van der Waals surface area contributed by atoms with Crippen molar-refractivity contribution in [3.05, 3.63) is 58.3 Å². The van der Waals surface area contributed by atoms with Gasteiger partial charge in [-0.2, -0.15) is 11.3 Å². The van der Waals surface area contributed by atoms with Gasteiger partial charge in [-0.25, -0.2) is 0 Å². The molecule has 104 valence electrons. The second kappa shape index (κ2) is 6.23. The van der Waals surface area contributed by atoms with Gasteiger partial charge in [-0.3, -0.25) is 4.79 Å². The lowest BCUT2D eigenvalue weighted by atomic mass is 10.1. The van der Waals surface area contributed by atoms with Crippen molar-refractivity contribution in [2.24, 2.45) is 0 Å². The van der Waals surface area contributed by atoms with Gasteiger partial charge in [0.25, 0.3) is 0 Å². The Kier molecular flexibility index (Phi) is 4.16. The van der Waals surface area contributed by atoms with E-state index in [1.807, 2.05) is 18.2 Å². The minimum atomic E-state index is 0.294. The van der Waals surface area contributed by atoms with Crippen molar-refractivity contribution in [1.29, 1.82) is 0 Å². The normalized spacial score (nSPS) is 18.4. The molecule has 3 heteroatoms. The lowest BCUT2D eigenvalue weighted by Gasteiger charge is -2.24. The van der Waals surface area contributed by atoms with E-state index in [9.17, 15) is 4.79 Å². The number of carbonyl (C=O) groups is 1. The first-order chi connectivity index (χ1) is 9.84. The molecular weight excluding hydrogens is 266 g/mol. The Balaban J connectivity index is 1.62. The maximum absolute atomic E-state index is 12.5. The molecule has 1 aromatic carbocycles. The summed E-state index contributed by atoms with van der Waals surface area (Å²) in [6.45, 7) is 0.911. The van der Waals surface area contributed by atoms with Crippen LogP contribution in [0.15, 0.2) is 47.2 Å². The fraction of sp³-hybridized carbons (Fsp3) is 0.353. The van der Waals surface area contributed by atoms with Gasteiger partial charge in [-0.05, 0) is 47.2 Å². The second-order valence-corrected chi connectivity index (χ2v) is 6.07. The van der Waals surface area contributed by atoms with Crippen LogP contribution in [0.2, 0.25) is 0 Å². The number of amides is 1. The number of rotatable bonds is 4. The summed E-state index contributed by atoms with van der Waals surface area (Å²) >= 11 is 1.71. The topological polar surface area (TPSA) is 20.3 Å². The lowest BCUT2D eigenvalue weighted by Crippen LogP contribution is -2.30. The van der Waals surface area contributed by atoms with Crippen molar-refractivity contribution in [3.8, 4) is 0 Å². The van der Waals surface area contributed by atoms with Gasteiger partial charge in [0, 0.05) is 13.0 Å². The van der Waals surface area contributed by atoms with Crippen molar-refractivity contribution in [2.45, 2.75) is 31.7 Å². The molecule has 0 spiro atoms. The van der Waals surface area contributed by atoms with E-state index in [2.05, 4.69) is 33.9 Å². The Bertz CT molecular complexity index is 550. The van der Waals surface area contributed by atoms with Gasteiger partial charge >= 0.3 is 0 Å². The van der Waals surface area contributed by atoms with Crippen LogP contribution >= 0.6 is 11.3 Å². The van der Waals surface area contributed by atoms with Crippen LogP contribution in [0.1, 0.15) is 36.4 Å². The number of hydrogen-bond acceptors (Lipinski definition) is 2. The van der Waals surface area contributed by atoms with E-state index in [4.69, 9.17) is 0 Å². The number of carbonyl (C=O) groups excluding carboxylic acids is 1. The summed E-state index contributed by atoms with van der Waals surface area (Å²) in [4.78, 5) is 14.5. The highest BCUT2D eigenvalue weighted by Crippen LogP contribution is 2.33. The number of likely N-dealkylation sites (tertiary alicyclic amines) is 1. The average Bonchev–Trinajstić information content (AvgIpc) is 3.15. The molecule has 20 heavy (non-hydrogen) atoms. The molecule has 1 aliphatic heterocycles. The van der Waals surface area contributed by atoms with Crippen LogP contribution in [0, 0.1) is 0 Å². The molecule has 0 bridgehead atoms. The fourth-order valence-electron chi connectivity index (χ4n) is 2.92. The van der Waals surface area contributed by atoms with E-state index < -0.39 is 0 Å². The first kappa shape index (κ1) is 13.4. The maximum Gasteiger partial charge on any atom is 0.223 e. The molecule has 0 aliphatic carbocycles. The van der Waals surface area contributed by atoms with E-state index in [1.54, 1.807) is 11.3 Å². The van der Waals surface area contributed by atoms with Crippen LogP contribution in [-0.2, 0) is 11.2 Å². The van der Waals surface area contributed by atoms with E-state index in [0.717, 1.165) is 25.8 Å². The fourth-order valence-corrected chi connectivity index (χ4v) is 3.62. The van der Waals surface area contributed by atoms with Crippen LogP contribution in [0.3, 0.4) is 0 Å². The molecule has 1 atom stereocenters. The van der Waals surface area contributed by atoms with Crippen LogP contribution in [0.5, 0.6) is 0 Å². The first-order valence-corrected chi connectivity index (χ1v) is 8.14. The highest BCUT2D eigenvalue weighted by Gasteiger charge is 2.29. The zero-order chi connectivity index (χ0) is 13.8. The summed E-state index contributed by atoms with van der Waals surface area (Å²) < 4.78 is 0. The summed E-state index contributed by atoms with van der Waals surface area (Å²) in [5.74, 6) is 0.294. The molecule has 1 saturated heterocycles. The predicted octanol–water partition coefficient (Wildman–Crippen LogP) is 4.04. The second-order valence-electron chi connectivity index (χ2n) is 5.29. The SMILES string of the molecule is O=C(CCc1ccccc1)N1CCCC1c1ccsc1. The predicted molar refractivity (Wildman–Crippen MR) is 82.8 cm³/mol. The van der Waals surface area contributed by atoms with Gasteiger partial charge in [0.15, 0.2) is 0 Å². The minimum absolute atomic E-state index is 0.294. The van der Waals surface area contributed by atoms with Crippen molar-refractivity contribution in [2.75, 3.05) is 6.54 Å². The first-order valence-electron chi connectivity index (χ1n) is 7.20. The molecule has 1 fully saturated rings. The molecule has 2 aromatic rings. The van der Waals surface area contributed by atoms with Crippen LogP contribution in [0.4, 0.5) is 0 Å². The minimum Gasteiger partial charge on any atom is -0.336 e. The number of benzene rings is 1. The standard InChI is InChI=1S/C17H19NOS/c19-17(9-8-14-5-2-1-3-6-14)18-11-4-7-16(18)15-10-12-20-13-15/h1-3,5-6,10,12-13,16H,4,7-9,11H2. The van der Waals surface area contributed by atoms with E-state index in [1.165, 1.54) is 11.1 Å². The third-order valence-corrected chi connectivity index (χ3v) is 4.67. The van der Waals surface area contributed by atoms with Crippen LogP contribution < -0.4 is 0 Å². The molecule has 0 radical (unpaired) electrons. The smallest absolute Gasteiger partial charge is 0.223 e. The molecule has 1 aromatic heterocycles. The Morgan fingerprint density at radius 3 is 2.85 bits per heavy atom. The highest BCUT2D eigenvalue weighted by molar-refractivity contribution is 7.07. The van der Waals surface area contributed by atoms with Gasteiger partial charge in [-0.1, -0.05) is 30.3 Å². The van der Waals surface area contributed by atoms with Gasteiger partial charge in [0.1, 0.15) is 0 Å². The van der Waals surface area contributed by atoms with E-state index >= 15 is 0 Å². The summed E-state index contributed by atoms with van der Waals surface area (Å²) in [5.41, 5.74) is 2.55. The van der Waals surface area contributed by atoms with Gasteiger partial charge < -0.3 is 4.90 Å². The molecule has 0 saturated carbocycles. The van der Waals surface area contributed by atoms with Crippen molar-refractivity contribution < 1.29 is 4.79 Å².